The van der Waals surface area contributed by atoms with E-state index in [0.29, 0.717) is 0 Å². The second-order valence-electron chi connectivity index (χ2n) is 6.01. The molecule has 5 unspecified atom stereocenters. The normalized spacial score (nSPS) is 50.3. The summed E-state index contributed by atoms with van der Waals surface area (Å²) >= 11 is 0. The Bertz CT molecular complexity index is 196. The predicted molar refractivity (Wildman–Crippen MR) is 57.6 cm³/mol. The van der Waals surface area contributed by atoms with Gasteiger partial charge in [-0.15, -0.1) is 0 Å². The van der Waals surface area contributed by atoms with Crippen molar-refractivity contribution in [1.29, 1.82) is 0 Å². The van der Waals surface area contributed by atoms with Crippen molar-refractivity contribution in [3.05, 3.63) is 0 Å². The summed E-state index contributed by atoms with van der Waals surface area (Å²) in [6.07, 6.45) is 5.93. The van der Waals surface area contributed by atoms with E-state index in [9.17, 15) is 0 Å². The maximum atomic E-state index is 2.48. The predicted octanol–water partition coefficient (Wildman–Crippen LogP) is 4.10. The minimum atomic E-state index is 0.736. The molecule has 0 aromatic heterocycles. The van der Waals surface area contributed by atoms with Crippen molar-refractivity contribution >= 4 is 0 Å². The molecule has 2 aliphatic carbocycles. The molecule has 0 aliphatic heterocycles. The molecule has 0 nitrogen and oxygen atoms in total. The summed E-state index contributed by atoms with van der Waals surface area (Å²) in [6.45, 7) is 9.73. The molecule has 2 saturated carbocycles. The first-order valence-electron chi connectivity index (χ1n) is 6.07. The highest BCUT2D eigenvalue weighted by atomic mass is 14.5. The highest BCUT2D eigenvalue weighted by Crippen LogP contribution is 2.59. The Hall–Kier alpha value is 0. The van der Waals surface area contributed by atoms with Crippen LogP contribution in [0.15, 0.2) is 0 Å². The van der Waals surface area contributed by atoms with Crippen LogP contribution in [0.4, 0.5) is 0 Å². The topological polar surface area (TPSA) is 0 Å². The van der Waals surface area contributed by atoms with E-state index in [4.69, 9.17) is 0 Å². The van der Waals surface area contributed by atoms with E-state index >= 15 is 0 Å². The van der Waals surface area contributed by atoms with Gasteiger partial charge in [0, 0.05) is 0 Å². The Morgan fingerprint density at radius 1 is 1.46 bits per heavy atom. The van der Waals surface area contributed by atoms with Crippen LogP contribution in [-0.4, -0.2) is 0 Å². The molecule has 0 aromatic rings. The van der Waals surface area contributed by atoms with Crippen LogP contribution in [0, 0.1) is 29.1 Å². The van der Waals surface area contributed by atoms with Gasteiger partial charge in [0.05, 0.1) is 0 Å². The lowest BCUT2D eigenvalue weighted by Crippen LogP contribution is -2.08. The number of rotatable bonds is 4. The number of hydrogen-bond donors (Lipinski definition) is 0. The lowest BCUT2D eigenvalue weighted by atomic mass is 9.89. The van der Waals surface area contributed by atoms with E-state index in [0.717, 1.165) is 29.1 Å². The Balaban J connectivity index is 1.77. The molecule has 2 aliphatic rings. The first-order chi connectivity index (χ1) is 6.07. The average molecular weight is 180 g/mol. The monoisotopic (exact) mass is 180 g/mol. The van der Waals surface area contributed by atoms with Crippen molar-refractivity contribution in [3.63, 3.8) is 0 Å². The maximum Gasteiger partial charge on any atom is -0.0295 e. The zero-order chi connectivity index (χ0) is 9.64. The van der Waals surface area contributed by atoms with Crippen LogP contribution in [0.1, 0.15) is 53.4 Å². The molecule has 0 aromatic carbocycles. The van der Waals surface area contributed by atoms with Gasteiger partial charge < -0.3 is 0 Å². The molecule has 76 valence electrons. The van der Waals surface area contributed by atoms with Gasteiger partial charge >= 0.3 is 0 Å². The summed E-state index contributed by atoms with van der Waals surface area (Å²) in [5.74, 6) is 4.19. The molecule has 2 rings (SSSR count). The summed E-state index contributed by atoms with van der Waals surface area (Å²) in [5.41, 5.74) is 0.736. The second-order valence-corrected chi connectivity index (χ2v) is 6.01. The maximum absolute atomic E-state index is 2.48. The standard InChI is InChI=1S/C13H24/c1-5-11-6-12(11)9(2)7-13(4)8-10(13)3/h9-12H,5-8H2,1-4H3. The fourth-order valence-corrected chi connectivity index (χ4v) is 3.25. The molecule has 0 heteroatoms. The van der Waals surface area contributed by atoms with Crippen molar-refractivity contribution in [1.82, 2.24) is 0 Å². The summed E-state index contributed by atoms with van der Waals surface area (Å²) in [5, 5.41) is 0. The molecule has 0 radical (unpaired) electrons. The molecule has 2 fully saturated rings. The molecule has 0 bridgehead atoms. The van der Waals surface area contributed by atoms with Crippen LogP contribution in [0.25, 0.3) is 0 Å². The van der Waals surface area contributed by atoms with Crippen LogP contribution in [0.2, 0.25) is 0 Å². The van der Waals surface area contributed by atoms with Crippen molar-refractivity contribution in [2.45, 2.75) is 53.4 Å². The van der Waals surface area contributed by atoms with E-state index < -0.39 is 0 Å². The summed E-state index contributed by atoms with van der Waals surface area (Å²) in [7, 11) is 0. The highest BCUT2D eigenvalue weighted by Gasteiger charge is 2.50. The lowest BCUT2D eigenvalue weighted by molar-refractivity contribution is 0.333. The molecule has 5 atom stereocenters. The molecular weight excluding hydrogens is 156 g/mol. The van der Waals surface area contributed by atoms with Gasteiger partial charge in [-0.25, -0.2) is 0 Å². The number of hydrogen-bond acceptors (Lipinski definition) is 0. The van der Waals surface area contributed by atoms with E-state index in [1.807, 2.05) is 0 Å². The average Bonchev–Trinajstić information content (AvgIpc) is 2.90. The largest absolute Gasteiger partial charge is 0.0651 e. The molecular formula is C13H24. The summed E-state index contributed by atoms with van der Waals surface area (Å²) in [6, 6.07) is 0. The summed E-state index contributed by atoms with van der Waals surface area (Å²) in [4.78, 5) is 0. The van der Waals surface area contributed by atoms with Gasteiger partial charge in [-0.05, 0) is 48.3 Å². The van der Waals surface area contributed by atoms with E-state index in [1.165, 1.54) is 25.7 Å². The Morgan fingerprint density at radius 2 is 2.08 bits per heavy atom. The zero-order valence-electron chi connectivity index (χ0n) is 9.64. The van der Waals surface area contributed by atoms with E-state index in [1.54, 1.807) is 0 Å². The third-order valence-corrected chi connectivity index (χ3v) is 4.82. The van der Waals surface area contributed by atoms with Crippen molar-refractivity contribution < 1.29 is 0 Å². The molecule has 0 spiro atoms. The van der Waals surface area contributed by atoms with Crippen molar-refractivity contribution in [2.75, 3.05) is 0 Å². The lowest BCUT2D eigenvalue weighted by Gasteiger charge is -2.16. The second kappa shape index (κ2) is 3.00. The van der Waals surface area contributed by atoms with E-state index in [2.05, 4.69) is 27.7 Å². The smallest absolute Gasteiger partial charge is 0.0295 e. The molecule has 13 heavy (non-hydrogen) atoms. The summed E-state index contributed by atoms with van der Waals surface area (Å²) < 4.78 is 0. The Morgan fingerprint density at radius 3 is 2.46 bits per heavy atom. The molecule has 0 N–H and O–H groups in total. The van der Waals surface area contributed by atoms with Crippen LogP contribution < -0.4 is 0 Å². The SMILES string of the molecule is CCC1CC1C(C)CC1(C)CC1C. The third-order valence-electron chi connectivity index (χ3n) is 4.82. The van der Waals surface area contributed by atoms with Gasteiger partial charge in [0.15, 0.2) is 0 Å². The minimum absolute atomic E-state index is 0.736. The fourth-order valence-electron chi connectivity index (χ4n) is 3.25. The zero-order valence-corrected chi connectivity index (χ0v) is 9.64. The Labute approximate surface area is 83.1 Å². The first kappa shape index (κ1) is 9.55. The molecule has 0 heterocycles. The van der Waals surface area contributed by atoms with Crippen LogP contribution >= 0.6 is 0 Å². The molecule has 0 saturated heterocycles. The Kier molecular flexibility index (Phi) is 2.20. The van der Waals surface area contributed by atoms with Gasteiger partial charge in [0.1, 0.15) is 0 Å². The van der Waals surface area contributed by atoms with Gasteiger partial charge in [0.2, 0.25) is 0 Å². The quantitative estimate of drug-likeness (QED) is 0.611. The van der Waals surface area contributed by atoms with Gasteiger partial charge in [-0.1, -0.05) is 34.1 Å². The van der Waals surface area contributed by atoms with Crippen LogP contribution in [0.3, 0.4) is 0 Å². The third kappa shape index (κ3) is 1.78. The first-order valence-corrected chi connectivity index (χ1v) is 6.07. The fraction of sp³-hybridized carbons (Fsp3) is 1.00. The highest BCUT2D eigenvalue weighted by molar-refractivity contribution is 4.99. The van der Waals surface area contributed by atoms with E-state index in [-0.39, 0.29) is 0 Å². The van der Waals surface area contributed by atoms with Crippen LogP contribution in [-0.2, 0) is 0 Å². The van der Waals surface area contributed by atoms with Gasteiger partial charge in [-0.2, -0.15) is 0 Å². The van der Waals surface area contributed by atoms with Crippen molar-refractivity contribution in [3.8, 4) is 0 Å². The minimum Gasteiger partial charge on any atom is -0.0651 e. The van der Waals surface area contributed by atoms with Gasteiger partial charge in [0.25, 0.3) is 0 Å². The van der Waals surface area contributed by atoms with Gasteiger partial charge in [-0.3, -0.25) is 0 Å². The van der Waals surface area contributed by atoms with Crippen LogP contribution in [0.5, 0.6) is 0 Å². The molecule has 0 amide bonds. The van der Waals surface area contributed by atoms with Crippen molar-refractivity contribution in [2.24, 2.45) is 29.1 Å².